The summed E-state index contributed by atoms with van der Waals surface area (Å²) in [4.78, 5) is 14.8. The van der Waals surface area contributed by atoms with E-state index >= 15 is 0 Å². The third-order valence-corrected chi connectivity index (χ3v) is 4.73. The standard InChI is InChI=1S/C8H12Cl2N2O2S2/c1-2-14-7(13)12-6(5(9)10)16-8-11-3-4-15-8/h5-6H,2-4H2,1H3,(H,12,13). The van der Waals surface area contributed by atoms with E-state index in [1.165, 1.54) is 11.8 Å². The van der Waals surface area contributed by atoms with E-state index in [-0.39, 0.29) is 0 Å². The average Bonchev–Trinajstić information content (AvgIpc) is 2.69. The van der Waals surface area contributed by atoms with Crippen LogP contribution in [0.25, 0.3) is 0 Å². The van der Waals surface area contributed by atoms with Gasteiger partial charge in [0.25, 0.3) is 0 Å². The number of nitrogens with one attached hydrogen (secondary N) is 1. The molecule has 0 bridgehead atoms. The highest BCUT2D eigenvalue weighted by Gasteiger charge is 2.24. The monoisotopic (exact) mass is 302 g/mol. The van der Waals surface area contributed by atoms with Gasteiger partial charge >= 0.3 is 6.09 Å². The van der Waals surface area contributed by atoms with E-state index < -0.39 is 16.3 Å². The molecule has 1 amide bonds. The molecule has 0 aromatic rings. The van der Waals surface area contributed by atoms with Crippen molar-refractivity contribution in [3.05, 3.63) is 0 Å². The lowest BCUT2D eigenvalue weighted by molar-refractivity contribution is 0.151. The van der Waals surface area contributed by atoms with Gasteiger partial charge in [-0.1, -0.05) is 23.5 Å². The number of ether oxygens (including phenoxy) is 1. The topological polar surface area (TPSA) is 50.7 Å². The maximum Gasteiger partial charge on any atom is 0.408 e. The average molecular weight is 303 g/mol. The highest BCUT2D eigenvalue weighted by molar-refractivity contribution is 8.39. The van der Waals surface area contributed by atoms with Gasteiger partial charge in [-0.15, -0.1) is 23.2 Å². The van der Waals surface area contributed by atoms with Crippen molar-refractivity contribution in [3.8, 4) is 0 Å². The number of rotatable bonds is 4. The molecule has 1 atom stereocenters. The summed E-state index contributed by atoms with van der Waals surface area (Å²) in [6, 6.07) is 0. The first-order chi connectivity index (χ1) is 7.63. The zero-order valence-corrected chi connectivity index (χ0v) is 11.8. The molecule has 1 aliphatic heterocycles. The SMILES string of the molecule is CCOC(=O)NC(SC1=NCCS1)C(Cl)Cl. The normalized spacial score (nSPS) is 17.1. The van der Waals surface area contributed by atoms with Gasteiger partial charge in [-0.25, -0.2) is 4.79 Å². The third-order valence-electron chi connectivity index (χ3n) is 1.55. The fraction of sp³-hybridized carbons (Fsp3) is 0.750. The maximum atomic E-state index is 11.2. The van der Waals surface area contributed by atoms with Gasteiger partial charge < -0.3 is 10.1 Å². The summed E-state index contributed by atoms with van der Waals surface area (Å²) in [5, 5.41) is 2.15. The van der Waals surface area contributed by atoms with Gasteiger partial charge in [-0.3, -0.25) is 4.99 Å². The molecular formula is C8H12Cl2N2O2S2. The molecular weight excluding hydrogens is 291 g/mol. The lowest BCUT2D eigenvalue weighted by Crippen LogP contribution is -2.37. The van der Waals surface area contributed by atoms with Gasteiger partial charge in [0.15, 0.2) is 0 Å². The van der Waals surface area contributed by atoms with Gasteiger partial charge in [0.1, 0.15) is 14.6 Å². The van der Waals surface area contributed by atoms with Crippen LogP contribution in [0, 0.1) is 0 Å². The summed E-state index contributed by atoms with van der Waals surface area (Å²) < 4.78 is 5.66. The molecule has 0 fully saturated rings. The summed E-state index contributed by atoms with van der Waals surface area (Å²) in [6.45, 7) is 2.85. The van der Waals surface area contributed by atoms with Crippen molar-refractivity contribution in [2.75, 3.05) is 18.9 Å². The van der Waals surface area contributed by atoms with E-state index in [0.29, 0.717) is 6.61 Å². The molecule has 0 saturated heterocycles. The molecule has 1 rings (SSSR count). The van der Waals surface area contributed by atoms with Crippen molar-refractivity contribution in [2.24, 2.45) is 4.99 Å². The predicted octanol–water partition coefficient (Wildman–Crippen LogP) is 2.70. The summed E-state index contributed by atoms with van der Waals surface area (Å²) in [5.41, 5.74) is 0. The van der Waals surface area contributed by atoms with Gasteiger partial charge in [0, 0.05) is 5.75 Å². The number of thioether (sulfide) groups is 2. The number of carbonyl (C=O) groups is 1. The summed E-state index contributed by atoms with van der Waals surface area (Å²) in [6.07, 6.45) is -0.519. The number of alkyl halides is 2. The summed E-state index contributed by atoms with van der Waals surface area (Å²) in [7, 11) is 0. The Morgan fingerprint density at radius 3 is 3.00 bits per heavy atom. The number of nitrogens with zero attached hydrogens (tertiary/aromatic N) is 1. The quantitative estimate of drug-likeness (QED) is 0.641. The zero-order valence-electron chi connectivity index (χ0n) is 8.61. The van der Waals surface area contributed by atoms with Crippen LogP contribution in [0.4, 0.5) is 4.79 Å². The first-order valence-corrected chi connectivity index (χ1v) is 7.42. The second-order valence-electron chi connectivity index (χ2n) is 2.73. The van der Waals surface area contributed by atoms with Crippen LogP contribution in [-0.2, 0) is 4.74 Å². The van der Waals surface area contributed by atoms with Crippen LogP contribution in [0.15, 0.2) is 4.99 Å². The molecule has 0 saturated carbocycles. The lowest BCUT2D eigenvalue weighted by atomic mass is 10.7. The van der Waals surface area contributed by atoms with E-state index in [9.17, 15) is 4.79 Å². The zero-order chi connectivity index (χ0) is 12.0. The Morgan fingerprint density at radius 2 is 2.50 bits per heavy atom. The summed E-state index contributed by atoms with van der Waals surface area (Å²) in [5.74, 6) is 0.962. The van der Waals surface area contributed by atoms with Crippen molar-refractivity contribution in [1.29, 1.82) is 0 Å². The predicted molar refractivity (Wildman–Crippen MR) is 71.8 cm³/mol. The highest BCUT2D eigenvalue weighted by Crippen LogP contribution is 2.29. The second kappa shape index (κ2) is 7.53. The van der Waals surface area contributed by atoms with E-state index in [4.69, 9.17) is 27.9 Å². The van der Waals surface area contributed by atoms with Crippen LogP contribution < -0.4 is 5.32 Å². The Kier molecular flexibility index (Phi) is 6.72. The number of halogens is 2. The Bertz CT molecular complexity index is 277. The molecule has 0 spiro atoms. The van der Waals surface area contributed by atoms with Crippen molar-refractivity contribution >= 4 is 57.2 Å². The van der Waals surface area contributed by atoms with Gasteiger partial charge in [-0.2, -0.15) is 0 Å². The number of hydrogen-bond donors (Lipinski definition) is 1. The van der Waals surface area contributed by atoms with E-state index in [2.05, 4.69) is 10.3 Å². The van der Waals surface area contributed by atoms with Gasteiger partial charge in [0.2, 0.25) is 0 Å². The fourth-order valence-electron chi connectivity index (χ4n) is 0.928. The Hall–Kier alpha value is 0.220. The van der Waals surface area contributed by atoms with Crippen LogP contribution in [0.5, 0.6) is 0 Å². The third kappa shape index (κ3) is 5.03. The van der Waals surface area contributed by atoms with Crippen LogP contribution >= 0.6 is 46.7 Å². The van der Waals surface area contributed by atoms with E-state index in [1.54, 1.807) is 18.7 Å². The fourth-order valence-corrected chi connectivity index (χ4v) is 3.38. The minimum atomic E-state index is -0.710. The summed E-state index contributed by atoms with van der Waals surface area (Å²) >= 11 is 14.5. The largest absolute Gasteiger partial charge is 0.450 e. The van der Waals surface area contributed by atoms with Crippen LogP contribution in [-0.4, -0.2) is 39.6 Å². The molecule has 0 aliphatic carbocycles. The smallest absolute Gasteiger partial charge is 0.408 e. The molecule has 0 aromatic carbocycles. The molecule has 8 heteroatoms. The molecule has 1 aliphatic rings. The first kappa shape index (κ1) is 14.3. The number of amides is 1. The van der Waals surface area contributed by atoms with Crippen LogP contribution in [0.1, 0.15) is 6.92 Å². The minimum absolute atomic E-state index is 0.314. The molecule has 0 radical (unpaired) electrons. The molecule has 4 nitrogen and oxygen atoms in total. The lowest BCUT2D eigenvalue weighted by Gasteiger charge is -2.18. The molecule has 1 heterocycles. The first-order valence-electron chi connectivity index (χ1n) is 4.68. The van der Waals surface area contributed by atoms with E-state index in [0.717, 1.165) is 16.7 Å². The molecule has 1 unspecified atom stereocenters. The van der Waals surface area contributed by atoms with Crippen molar-refractivity contribution in [1.82, 2.24) is 5.32 Å². The number of hydrogen-bond acceptors (Lipinski definition) is 5. The van der Waals surface area contributed by atoms with Gasteiger partial charge in [0.05, 0.1) is 13.2 Å². The maximum absolute atomic E-state index is 11.2. The second-order valence-corrected chi connectivity index (χ2v) is 6.37. The van der Waals surface area contributed by atoms with Crippen molar-refractivity contribution < 1.29 is 9.53 Å². The van der Waals surface area contributed by atoms with Crippen LogP contribution in [0.3, 0.4) is 0 Å². The number of carbonyl (C=O) groups excluding carboxylic acids is 1. The minimum Gasteiger partial charge on any atom is -0.450 e. The molecule has 0 aromatic heterocycles. The Balaban J connectivity index is 2.43. The Labute approximate surface area is 113 Å². The van der Waals surface area contributed by atoms with Crippen LogP contribution in [0.2, 0.25) is 0 Å². The molecule has 1 N–H and O–H groups in total. The molecule has 16 heavy (non-hydrogen) atoms. The van der Waals surface area contributed by atoms with Crippen molar-refractivity contribution in [3.63, 3.8) is 0 Å². The van der Waals surface area contributed by atoms with Gasteiger partial charge in [-0.05, 0) is 6.92 Å². The Morgan fingerprint density at radius 1 is 1.75 bits per heavy atom. The van der Waals surface area contributed by atoms with E-state index in [1.807, 2.05) is 0 Å². The van der Waals surface area contributed by atoms with Crippen molar-refractivity contribution in [2.45, 2.75) is 17.1 Å². The molecule has 92 valence electrons. The number of aliphatic imine (C=N–C) groups is 1. The number of alkyl carbamates (subject to hydrolysis) is 1. The highest BCUT2D eigenvalue weighted by atomic mass is 35.5.